The molecule has 0 atom stereocenters. The number of aromatic nitrogens is 1. The van der Waals surface area contributed by atoms with Crippen LogP contribution >= 0.6 is 0 Å². The molecule has 9 rings (SSSR count). The first-order valence-corrected chi connectivity index (χ1v) is 15.2. The summed E-state index contributed by atoms with van der Waals surface area (Å²) in [5.74, 6) is 0. The normalized spacial score (nSPS) is 11.5. The molecule has 0 aliphatic rings. The van der Waals surface area contributed by atoms with Crippen molar-refractivity contribution in [3.63, 3.8) is 0 Å². The molecular weight excluding hydrogens is 544 g/mol. The van der Waals surface area contributed by atoms with Gasteiger partial charge in [0.2, 0.25) is 0 Å². The van der Waals surface area contributed by atoms with Gasteiger partial charge in [0.25, 0.3) is 0 Å². The average molecular weight is 571 g/mol. The van der Waals surface area contributed by atoms with Crippen molar-refractivity contribution in [2.75, 3.05) is 0 Å². The van der Waals surface area contributed by atoms with Crippen LogP contribution in [0.3, 0.4) is 0 Å². The van der Waals surface area contributed by atoms with Crippen LogP contribution in [-0.2, 0) is 0 Å². The summed E-state index contributed by atoms with van der Waals surface area (Å²) in [4.78, 5) is 0. The van der Waals surface area contributed by atoms with Crippen LogP contribution in [0.2, 0.25) is 0 Å². The van der Waals surface area contributed by atoms with Crippen molar-refractivity contribution in [1.29, 1.82) is 5.26 Å². The van der Waals surface area contributed by atoms with Gasteiger partial charge in [-0.1, -0.05) is 115 Å². The van der Waals surface area contributed by atoms with Crippen molar-refractivity contribution in [2.45, 2.75) is 0 Å². The maximum atomic E-state index is 9.58. The van der Waals surface area contributed by atoms with E-state index >= 15 is 0 Å². The lowest BCUT2D eigenvalue weighted by molar-refractivity contribution is 1.18. The molecule has 0 fully saturated rings. The minimum atomic E-state index is 0.662. The summed E-state index contributed by atoms with van der Waals surface area (Å²) >= 11 is 0. The first kappa shape index (κ1) is 25.3. The fourth-order valence-corrected chi connectivity index (χ4v) is 7.09. The fourth-order valence-electron chi connectivity index (χ4n) is 7.09. The summed E-state index contributed by atoms with van der Waals surface area (Å²) in [6.45, 7) is 0. The minimum absolute atomic E-state index is 0.662. The molecule has 0 N–H and O–H groups in total. The highest BCUT2D eigenvalue weighted by Gasteiger charge is 2.14. The topological polar surface area (TPSA) is 28.7 Å². The van der Waals surface area contributed by atoms with Crippen molar-refractivity contribution in [3.05, 3.63) is 163 Å². The molecule has 0 amide bonds. The number of hydrogen-bond donors (Lipinski definition) is 0. The van der Waals surface area contributed by atoms with Gasteiger partial charge in [0.15, 0.2) is 0 Å². The van der Waals surface area contributed by atoms with Gasteiger partial charge in [0.1, 0.15) is 0 Å². The third-order valence-corrected chi connectivity index (χ3v) is 9.20. The summed E-state index contributed by atoms with van der Waals surface area (Å²) in [6.07, 6.45) is 0. The Morgan fingerprint density at radius 1 is 0.356 bits per heavy atom. The average Bonchev–Trinajstić information content (AvgIpc) is 3.45. The van der Waals surface area contributed by atoms with E-state index in [0.717, 1.165) is 27.7 Å². The molecule has 0 aliphatic carbocycles. The predicted octanol–water partition coefficient (Wildman–Crippen LogP) is 11.4. The van der Waals surface area contributed by atoms with Crippen LogP contribution in [0.4, 0.5) is 0 Å². The molecular formula is C43H26N2. The summed E-state index contributed by atoms with van der Waals surface area (Å²) in [5, 5.41) is 19.6. The van der Waals surface area contributed by atoms with Crippen LogP contribution in [0.1, 0.15) is 5.56 Å². The van der Waals surface area contributed by atoms with Crippen LogP contribution < -0.4 is 0 Å². The number of rotatable bonds is 3. The van der Waals surface area contributed by atoms with Gasteiger partial charge < -0.3 is 4.57 Å². The van der Waals surface area contributed by atoms with E-state index in [1.165, 1.54) is 54.4 Å². The molecule has 8 aromatic carbocycles. The minimum Gasteiger partial charge on any atom is -0.309 e. The van der Waals surface area contributed by atoms with E-state index in [2.05, 4.69) is 156 Å². The molecule has 2 heteroatoms. The summed E-state index contributed by atoms with van der Waals surface area (Å²) < 4.78 is 2.26. The zero-order valence-electron chi connectivity index (χ0n) is 24.4. The summed E-state index contributed by atoms with van der Waals surface area (Å²) in [7, 11) is 0. The molecule has 0 bridgehead atoms. The quantitative estimate of drug-likeness (QED) is 0.194. The lowest BCUT2D eigenvalue weighted by Crippen LogP contribution is -1.94. The van der Waals surface area contributed by atoms with Crippen molar-refractivity contribution in [3.8, 4) is 34.0 Å². The highest BCUT2D eigenvalue weighted by atomic mass is 15.0. The largest absolute Gasteiger partial charge is 0.309 e. The maximum Gasteiger partial charge on any atom is 0.0992 e. The zero-order valence-corrected chi connectivity index (χ0v) is 24.4. The SMILES string of the molecule is N#Cc1ccc2c3ccccc3n(-c3ccc(-c4cccc(-c5ccc6c7ccccc7c7ccccc7c6c5)c4)cc3)c2c1. The van der Waals surface area contributed by atoms with Gasteiger partial charge in [-0.3, -0.25) is 0 Å². The van der Waals surface area contributed by atoms with Crippen LogP contribution in [-0.4, -0.2) is 4.57 Å². The van der Waals surface area contributed by atoms with E-state index < -0.39 is 0 Å². The van der Waals surface area contributed by atoms with Gasteiger partial charge >= 0.3 is 0 Å². The lowest BCUT2D eigenvalue weighted by atomic mass is 9.91. The number of hydrogen-bond acceptors (Lipinski definition) is 1. The second-order valence-corrected chi connectivity index (χ2v) is 11.7. The Hall–Kier alpha value is -6.17. The third kappa shape index (κ3) is 3.95. The van der Waals surface area contributed by atoms with Gasteiger partial charge in [-0.2, -0.15) is 5.26 Å². The first-order valence-electron chi connectivity index (χ1n) is 15.2. The highest BCUT2D eigenvalue weighted by Crippen LogP contribution is 2.38. The van der Waals surface area contributed by atoms with Crippen molar-refractivity contribution in [1.82, 2.24) is 4.57 Å². The van der Waals surface area contributed by atoms with E-state index in [-0.39, 0.29) is 0 Å². The second kappa shape index (κ2) is 9.95. The number of benzene rings is 8. The van der Waals surface area contributed by atoms with E-state index in [1.807, 2.05) is 12.1 Å². The Morgan fingerprint density at radius 2 is 0.867 bits per heavy atom. The highest BCUT2D eigenvalue weighted by molar-refractivity contribution is 6.25. The van der Waals surface area contributed by atoms with Crippen molar-refractivity contribution < 1.29 is 0 Å². The molecule has 0 radical (unpaired) electrons. The molecule has 0 spiro atoms. The van der Waals surface area contributed by atoms with Gasteiger partial charge in [0, 0.05) is 16.5 Å². The van der Waals surface area contributed by atoms with Crippen LogP contribution in [0, 0.1) is 11.3 Å². The smallest absolute Gasteiger partial charge is 0.0992 e. The first-order chi connectivity index (χ1) is 22.3. The third-order valence-electron chi connectivity index (χ3n) is 9.20. The molecule has 208 valence electrons. The Bertz CT molecular complexity index is 2620. The standard InChI is InChI=1S/C43H26N2/c44-27-28-16-22-40-39-14-5-6-15-42(39)45(43(40)24-28)33-20-17-29(18-21-33)30-8-7-9-31(25-30)32-19-23-38-36-12-2-1-10-34(36)35-11-3-4-13-37(35)41(38)26-32/h1-26H. The Kier molecular flexibility index (Phi) is 5.60. The molecule has 9 aromatic rings. The Balaban J connectivity index is 1.14. The molecule has 0 saturated heterocycles. The molecule has 2 nitrogen and oxygen atoms in total. The van der Waals surface area contributed by atoms with Crippen LogP contribution in [0.15, 0.2) is 158 Å². The Morgan fingerprint density at radius 3 is 1.56 bits per heavy atom. The van der Waals surface area contributed by atoms with Gasteiger partial charge in [0.05, 0.1) is 22.7 Å². The van der Waals surface area contributed by atoms with Crippen molar-refractivity contribution in [2.24, 2.45) is 0 Å². The van der Waals surface area contributed by atoms with Crippen LogP contribution in [0.25, 0.3) is 82.1 Å². The van der Waals surface area contributed by atoms with E-state index in [0.29, 0.717) is 5.56 Å². The molecule has 0 unspecified atom stereocenters. The number of fused-ring (bicyclic) bond motifs is 9. The summed E-state index contributed by atoms with van der Waals surface area (Å²) in [5.41, 5.74) is 8.66. The molecule has 0 saturated carbocycles. The van der Waals surface area contributed by atoms with Gasteiger partial charge in [-0.15, -0.1) is 0 Å². The lowest BCUT2D eigenvalue weighted by Gasteiger charge is -2.13. The second-order valence-electron chi connectivity index (χ2n) is 11.7. The maximum absolute atomic E-state index is 9.58. The predicted molar refractivity (Wildman–Crippen MR) is 189 cm³/mol. The monoisotopic (exact) mass is 570 g/mol. The molecule has 0 aliphatic heterocycles. The molecule has 1 heterocycles. The van der Waals surface area contributed by atoms with Crippen molar-refractivity contribution >= 4 is 54.1 Å². The molecule has 45 heavy (non-hydrogen) atoms. The zero-order chi connectivity index (χ0) is 29.9. The van der Waals surface area contributed by atoms with E-state index in [1.54, 1.807) is 0 Å². The number of nitriles is 1. The molecule has 1 aromatic heterocycles. The van der Waals surface area contributed by atoms with Gasteiger partial charge in [-0.25, -0.2) is 0 Å². The number of para-hydroxylation sites is 1. The van der Waals surface area contributed by atoms with E-state index in [4.69, 9.17) is 0 Å². The number of nitrogens with zero attached hydrogens (tertiary/aromatic N) is 2. The fraction of sp³-hybridized carbons (Fsp3) is 0. The van der Waals surface area contributed by atoms with Gasteiger partial charge in [-0.05, 0) is 97.0 Å². The Labute approximate surface area is 260 Å². The summed E-state index contributed by atoms with van der Waals surface area (Å²) in [6, 6.07) is 58.6. The van der Waals surface area contributed by atoms with E-state index in [9.17, 15) is 5.26 Å². The van der Waals surface area contributed by atoms with Crippen LogP contribution in [0.5, 0.6) is 0 Å².